The zero-order valence-electron chi connectivity index (χ0n) is 20.0. The second kappa shape index (κ2) is 10.1. The SMILES string of the molecule is Cc1cccc2nc(NS(=O)(=O)c3ccccc3)c(Nc3ccc(S(=O)(=O)N4CCOCC4)cc3)nc12. The molecule has 1 aliphatic rings. The highest BCUT2D eigenvalue weighted by Gasteiger charge is 2.26. The van der Waals surface area contributed by atoms with Crippen LogP contribution in [-0.4, -0.2) is 57.4 Å². The van der Waals surface area contributed by atoms with Gasteiger partial charge in [0.05, 0.1) is 34.0 Å². The van der Waals surface area contributed by atoms with Crippen LogP contribution >= 0.6 is 0 Å². The quantitative estimate of drug-likeness (QED) is 0.365. The molecule has 5 rings (SSSR count). The van der Waals surface area contributed by atoms with Crippen LogP contribution in [0.1, 0.15) is 5.56 Å². The molecule has 1 aromatic heterocycles. The van der Waals surface area contributed by atoms with Gasteiger partial charge in [-0.3, -0.25) is 4.72 Å². The standard InChI is InChI=1S/C25H25N5O5S2/c1-18-6-5-9-22-23(18)28-24(25(27-22)29-36(31,32)20-7-3-2-4-8-20)26-19-10-12-21(13-11-19)37(33,34)30-14-16-35-17-15-30/h2-13H,14-17H2,1H3,(H,26,28)(H,27,29). The van der Waals surface area contributed by atoms with Crippen molar-refractivity contribution >= 4 is 48.4 Å². The highest BCUT2D eigenvalue weighted by atomic mass is 32.2. The minimum absolute atomic E-state index is 0.0203. The second-order valence-corrected chi connectivity index (χ2v) is 12.1. The molecule has 0 unspecified atom stereocenters. The van der Waals surface area contributed by atoms with Gasteiger partial charge in [-0.2, -0.15) is 4.31 Å². The van der Waals surface area contributed by atoms with Crippen LogP contribution in [0.2, 0.25) is 0 Å². The van der Waals surface area contributed by atoms with Gasteiger partial charge in [0.25, 0.3) is 10.0 Å². The average molecular weight is 540 g/mol. The van der Waals surface area contributed by atoms with Gasteiger partial charge in [-0.25, -0.2) is 26.8 Å². The maximum absolute atomic E-state index is 13.0. The molecule has 1 saturated heterocycles. The number of morpholine rings is 1. The first-order valence-electron chi connectivity index (χ1n) is 11.5. The van der Waals surface area contributed by atoms with Crippen molar-refractivity contribution in [2.24, 2.45) is 0 Å². The van der Waals surface area contributed by atoms with Crippen LogP contribution in [-0.2, 0) is 24.8 Å². The van der Waals surface area contributed by atoms with Crippen LogP contribution in [0.3, 0.4) is 0 Å². The molecule has 4 aromatic rings. The fourth-order valence-electron chi connectivity index (χ4n) is 3.94. The summed E-state index contributed by atoms with van der Waals surface area (Å²) in [7, 11) is -7.58. The average Bonchev–Trinajstić information content (AvgIpc) is 2.91. The molecule has 0 amide bonds. The number of rotatable bonds is 7. The first kappa shape index (κ1) is 25.1. The lowest BCUT2D eigenvalue weighted by molar-refractivity contribution is 0.0730. The number of ether oxygens (including phenoxy) is 1. The Morgan fingerprint density at radius 1 is 0.784 bits per heavy atom. The Kier molecular flexibility index (Phi) is 6.82. The number of para-hydroxylation sites is 1. The molecule has 1 aliphatic heterocycles. The third kappa shape index (κ3) is 5.27. The second-order valence-electron chi connectivity index (χ2n) is 8.45. The number of hydrogen-bond donors (Lipinski definition) is 2. The number of benzene rings is 3. The number of fused-ring (bicyclic) bond motifs is 1. The van der Waals surface area contributed by atoms with E-state index in [1.54, 1.807) is 36.4 Å². The molecule has 10 nitrogen and oxygen atoms in total. The Morgan fingerprint density at radius 3 is 2.19 bits per heavy atom. The van der Waals surface area contributed by atoms with Crippen LogP contribution in [0.15, 0.2) is 82.6 Å². The topological polar surface area (TPSA) is 131 Å². The van der Waals surface area contributed by atoms with Crippen LogP contribution in [0.5, 0.6) is 0 Å². The number of aromatic nitrogens is 2. The molecule has 0 saturated carbocycles. The fraction of sp³-hybridized carbons (Fsp3) is 0.200. The van der Waals surface area contributed by atoms with Crippen molar-refractivity contribution in [2.45, 2.75) is 16.7 Å². The molecule has 0 bridgehead atoms. The summed E-state index contributed by atoms with van der Waals surface area (Å²) in [5.41, 5.74) is 2.53. The van der Waals surface area contributed by atoms with E-state index < -0.39 is 20.0 Å². The molecule has 0 spiro atoms. The van der Waals surface area contributed by atoms with E-state index in [4.69, 9.17) is 4.74 Å². The molecular weight excluding hydrogens is 514 g/mol. The Hall–Kier alpha value is -3.58. The van der Waals surface area contributed by atoms with Crippen molar-refractivity contribution in [1.82, 2.24) is 14.3 Å². The van der Waals surface area contributed by atoms with Gasteiger partial charge in [0.2, 0.25) is 10.0 Å². The van der Waals surface area contributed by atoms with E-state index in [1.165, 1.54) is 28.6 Å². The maximum atomic E-state index is 13.0. The Labute approximate surface area is 215 Å². The maximum Gasteiger partial charge on any atom is 0.263 e. The minimum atomic E-state index is -3.93. The summed E-state index contributed by atoms with van der Waals surface area (Å²) in [6.45, 7) is 3.22. The molecular formula is C25H25N5O5S2. The first-order valence-corrected chi connectivity index (χ1v) is 14.5. The summed E-state index contributed by atoms with van der Waals surface area (Å²) in [6.07, 6.45) is 0. The summed E-state index contributed by atoms with van der Waals surface area (Å²) in [6, 6.07) is 19.6. The summed E-state index contributed by atoms with van der Waals surface area (Å²) >= 11 is 0. The monoisotopic (exact) mass is 539 g/mol. The van der Waals surface area contributed by atoms with Gasteiger partial charge in [-0.15, -0.1) is 0 Å². The van der Waals surface area contributed by atoms with Gasteiger partial charge < -0.3 is 10.1 Å². The van der Waals surface area contributed by atoms with E-state index in [9.17, 15) is 16.8 Å². The molecule has 0 atom stereocenters. The molecule has 3 aromatic carbocycles. The van der Waals surface area contributed by atoms with Crippen molar-refractivity contribution in [1.29, 1.82) is 0 Å². The van der Waals surface area contributed by atoms with Gasteiger partial charge in [0.1, 0.15) is 0 Å². The van der Waals surface area contributed by atoms with E-state index in [-0.39, 0.29) is 21.4 Å². The number of nitrogens with zero attached hydrogens (tertiary/aromatic N) is 3. The van der Waals surface area contributed by atoms with Crippen molar-refractivity contribution < 1.29 is 21.6 Å². The summed E-state index contributed by atoms with van der Waals surface area (Å²) in [4.78, 5) is 9.43. The summed E-state index contributed by atoms with van der Waals surface area (Å²) in [5, 5.41) is 3.10. The van der Waals surface area contributed by atoms with E-state index in [1.807, 2.05) is 19.1 Å². The zero-order valence-corrected chi connectivity index (χ0v) is 21.6. The van der Waals surface area contributed by atoms with E-state index in [2.05, 4.69) is 20.0 Å². The number of sulfonamides is 2. The number of anilines is 3. The normalized spacial score (nSPS) is 14.9. The minimum Gasteiger partial charge on any atom is -0.379 e. The molecule has 0 radical (unpaired) electrons. The summed E-state index contributed by atoms with van der Waals surface area (Å²) < 4.78 is 61.1. The van der Waals surface area contributed by atoms with Gasteiger partial charge in [0.15, 0.2) is 11.6 Å². The first-order chi connectivity index (χ1) is 17.7. The van der Waals surface area contributed by atoms with Crippen LogP contribution in [0.4, 0.5) is 17.3 Å². The van der Waals surface area contributed by atoms with E-state index in [0.29, 0.717) is 43.0 Å². The third-order valence-electron chi connectivity index (χ3n) is 5.91. The molecule has 1 fully saturated rings. The molecule has 2 N–H and O–H groups in total. The smallest absolute Gasteiger partial charge is 0.263 e. The number of aryl methyl sites for hydroxylation is 1. The van der Waals surface area contributed by atoms with Gasteiger partial charge >= 0.3 is 0 Å². The summed E-state index contributed by atoms with van der Waals surface area (Å²) in [5.74, 6) is 0.206. The molecule has 192 valence electrons. The fourth-order valence-corrected chi connectivity index (χ4v) is 6.38. The van der Waals surface area contributed by atoms with Gasteiger partial charge in [0, 0.05) is 18.8 Å². The van der Waals surface area contributed by atoms with Gasteiger partial charge in [-0.1, -0.05) is 30.3 Å². The van der Waals surface area contributed by atoms with Crippen molar-refractivity contribution in [3.8, 4) is 0 Å². The van der Waals surface area contributed by atoms with Gasteiger partial charge in [-0.05, 0) is 55.0 Å². The molecule has 2 heterocycles. The lowest BCUT2D eigenvalue weighted by Crippen LogP contribution is -2.40. The lowest BCUT2D eigenvalue weighted by atomic mass is 10.2. The molecule has 12 heteroatoms. The largest absolute Gasteiger partial charge is 0.379 e. The number of nitrogens with one attached hydrogen (secondary N) is 2. The predicted octanol–water partition coefficient (Wildman–Crippen LogP) is 3.50. The Balaban J connectivity index is 1.49. The lowest BCUT2D eigenvalue weighted by Gasteiger charge is -2.26. The zero-order chi connectivity index (χ0) is 26.0. The highest BCUT2D eigenvalue weighted by Crippen LogP contribution is 2.29. The van der Waals surface area contributed by atoms with Crippen molar-refractivity contribution in [3.63, 3.8) is 0 Å². The van der Waals surface area contributed by atoms with E-state index >= 15 is 0 Å². The van der Waals surface area contributed by atoms with Crippen LogP contribution in [0.25, 0.3) is 11.0 Å². The van der Waals surface area contributed by atoms with Crippen LogP contribution < -0.4 is 10.0 Å². The highest BCUT2D eigenvalue weighted by molar-refractivity contribution is 7.92. The molecule has 37 heavy (non-hydrogen) atoms. The number of hydrogen-bond acceptors (Lipinski definition) is 8. The Bertz CT molecular complexity index is 1640. The van der Waals surface area contributed by atoms with Crippen molar-refractivity contribution in [3.05, 3.63) is 78.4 Å². The van der Waals surface area contributed by atoms with Crippen molar-refractivity contribution in [2.75, 3.05) is 36.3 Å². The third-order valence-corrected chi connectivity index (χ3v) is 9.17. The van der Waals surface area contributed by atoms with E-state index in [0.717, 1.165) is 5.56 Å². The predicted molar refractivity (Wildman–Crippen MR) is 141 cm³/mol. The Morgan fingerprint density at radius 2 is 1.49 bits per heavy atom. The molecule has 0 aliphatic carbocycles. The van der Waals surface area contributed by atoms with Crippen LogP contribution in [0, 0.1) is 6.92 Å².